The lowest BCUT2D eigenvalue weighted by Crippen LogP contribution is -2.21. The molecule has 3 aromatic rings. The number of aryl methyl sites for hydroxylation is 1. The Morgan fingerprint density at radius 1 is 1.00 bits per heavy atom. The van der Waals surface area contributed by atoms with Crippen LogP contribution in [0.3, 0.4) is 0 Å². The molecule has 5 heteroatoms. The number of nitrogens with one attached hydrogen (secondary N) is 1. The zero-order chi connectivity index (χ0) is 20.6. The fourth-order valence-electron chi connectivity index (χ4n) is 3.08. The van der Waals surface area contributed by atoms with Crippen LogP contribution < -0.4 is 14.8 Å². The molecule has 0 aliphatic heterocycles. The van der Waals surface area contributed by atoms with E-state index in [1.165, 1.54) is 5.56 Å². The highest BCUT2D eigenvalue weighted by molar-refractivity contribution is 6.31. The highest BCUT2D eigenvalue weighted by atomic mass is 35.5. The van der Waals surface area contributed by atoms with Crippen molar-refractivity contribution in [3.8, 4) is 11.5 Å². The summed E-state index contributed by atoms with van der Waals surface area (Å²) in [4.78, 5) is 0. The summed E-state index contributed by atoms with van der Waals surface area (Å²) >= 11 is 6.46. The van der Waals surface area contributed by atoms with Gasteiger partial charge in [0.2, 0.25) is 0 Å². The smallest absolute Gasteiger partial charge is 0.163 e. The second-order valence-corrected chi connectivity index (χ2v) is 7.34. The van der Waals surface area contributed by atoms with Crippen LogP contribution in [0.1, 0.15) is 28.4 Å². The summed E-state index contributed by atoms with van der Waals surface area (Å²) in [6.07, 6.45) is -0.575. The summed E-state index contributed by atoms with van der Waals surface area (Å²) in [5, 5.41) is 14.1. The third-order valence-corrected chi connectivity index (χ3v) is 5.00. The highest BCUT2D eigenvalue weighted by Gasteiger charge is 2.12. The van der Waals surface area contributed by atoms with Crippen LogP contribution in [0.15, 0.2) is 66.7 Å². The highest BCUT2D eigenvalue weighted by Crippen LogP contribution is 2.34. The van der Waals surface area contributed by atoms with Crippen molar-refractivity contribution in [1.82, 2.24) is 5.32 Å². The van der Waals surface area contributed by atoms with E-state index in [0.29, 0.717) is 36.2 Å². The minimum atomic E-state index is -0.575. The zero-order valence-electron chi connectivity index (χ0n) is 16.7. The van der Waals surface area contributed by atoms with E-state index < -0.39 is 6.10 Å². The summed E-state index contributed by atoms with van der Waals surface area (Å²) in [7, 11) is 1.61. The molecular weight excluding hydrogens is 386 g/mol. The van der Waals surface area contributed by atoms with Crippen LogP contribution >= 0.6 is 11.6 Å². The van der Waals surface area contributed by atoms with Gasteiger partial charge < -0.3 is 19.9 Å². The first-order valence-electron chi connectivity index (χ1n) is 9.55. The fourth-order valence-corrected chi connectivity index (χ4v) is 3.31. The maximum Gasteiger partial charge on any atom is 0.163 e. The second kappa shape index (κ2) is 10.3. The Morgan fingerprint density at radius 3 is 2.52 bits per heavy atom. The van der Waals surface area contributed by atoms with E-state index >= 15 is 0 Å². The second-order valence-electron chi connectivity index (χ2n) is 6.93. The molecule has 0 saturated carbocycles. The molecule has 2 N–H and O–H groups in total. The van der Waals surface area contributed by atoms with Gasteiger partial charge in [0.05, 0.1) is 13.2 Å². The third kappa shape index (κ3) is 5.97. The van der Waals surface area contributed by atoms with Crippen molar-refractivity contribution in [2.45, 2.75) is 26.2 Å². The van der Waals surface area contributed by atoms with Gasteiger partial charge in [-0.2, -0.15) is 0 Å². The molecule has 0 aromatic heterocycles. The molecule has 1 unspecified atom stereocenters. The molecule has 0 spiro atoms. The Balaban J connectivity index is 1.61. The number of rotatable bonds is 9. The zero-order valence-corrected chi connectivity index (χ0v) is 17.4. The van der Waals surface area contributed by atoms with Crippen LogP contribution in [0, 0.1) is 6.92 Å². The number of hydrogen-bond acceptors (Lipinski definition) is 4. The minimum absolute atomic E-state index is 0.425. The van der Waals surface area contributed by atoms with Crippen molar-refractivity contribution >= 4 is 11.6 Å². The first kappa shape index (κ1) is 21.2. The van der Waals surface area contributed by atoms with E-state index in [4.69, 9.17) is 21.1 Å². The predicted octanol–water partition coefficient (Wildman–Crippen LogP) is 5.06. The number of benzene rings is 3. The van der Waals surface area contributed by atoms with E-state index in [1.54, 1.807) is 13.2 Å². The van der Waals surface area contributed by atoms with E-state index in [-0.39, 0.29) is 0 Å². The molecule has 0 radical (unpaired) electrons. The Hall–Kier alpha value is -2.53. The van der Waals surface area contributed by atoms with Gasteiger partial charge >= 0.3 is 0 Å². The quantitative estimate of drug-likeness (QED) is 0.516. The molecule has 0 aliphatic carbocycles. The number of halogens is 1. The van der Waals surface area contributed by atoms with Crippen molar-refractivity contribution in [2.24, 2.45) is 0 Å². The summed E-state index contributed by atoms with van der Waals surface area (Å²) in [6, 6.07) is 21.4. The number of hydrogen-bond donors (Lipinski definition) is 2. The lowest BCUT2D eigenvalue weighted by Gasteiger charge is -2.16. The molecule has 29 heavy (non-hydrogen) atoms. The van der Waals surface area contributed by atoms with Gasteiger partial charge in [0.1, 0.15) is 6.61 Å². The van der Waals surface area contributed by atoms with Crippen molar-refractivity contribution in [3.63, 3.8) is 0 Å². The maximum absolute atomic E-state index is 10.3. The Kier molecular flexibility index (Phi) is 7.53. The monoisotopic (exact) mass is 411 g/mol. The molecule has 0 amide bonds. The van der Waals surface area contributed by atoms with Crippen LogP contribution in [-0.4, -0.2) is 18.8 Å². The molecule has 0 aliphatic rings. The SMILES string of the molecule is COc1cc(CNCC(O)c2ccccc2)c(Cl)cc1OCc1cccc(C)c1. The largest absolute Gasteiger partial charge is 0.493 e. The maximum atomic E-state index is 10.3. The van der Waals surface area contributed by atoms with E-state index in [0.717, 1.165) is 16.7 Å². The first-order valence-corrected chi connectivity index (χ1v) is 9.93. The van der Waals surface area contributed by atoms with Gasteiger partial charge in [0, 0.05) is 24.2 Å². The van der Waals surface area contributed by atoms with Crippen molar-refractivity contribution < 1.29 is 14.6 Å². The average molecular weight is 412 g/mol. The molecule has 1 atom stereocenters. The third-order valence-electron chi connectivity index (χ3n) is 4.65. The first-order chi connectivity index (χ1) is 14.1. The van der Waals surface area contributed by atoms with Gasteiger partial charge in [0.25, 0.3) is 0 Å². The van der Waals surface area contributed by atoms with Crippen LogP contribution in [0.5, 0.6) is 11.5 Å². The van der Waals surface area contributed by atoms with Crippen molar-refractivity contribution in [2.75, 3.05) is 13.7 Å². The van der Waals surface area contributed by atoms with Crippen LogP contribution in [-0.2, 0) is 13.2 Å². The average Bonchev–Trinajstić information content (AvgIpc) is 2.74. The minimum Gasteiger partial charge on any atom is -0.493 e. The Labute approximate surface area is 177 Å². The number of aliphatic hydroxyl groups is 1. The van der Waals surface area contributed by atoms with Gasteiger partial charge in [-0.25, -0.2) is 0 Å². The van der Waals surface area contributed by atoms with E-state index in [1.807, 2.05) is 48.5 Å². The fraction of sp³-hybridized carbons (Fsp3) is 0.250. The van der Waals surface area contributed by atoms with Crippen LogP contribution in [0.4, 0.5) is 0 Å². The molecule has 0 heterocycles. The normalized spacial score (nSPS) is 11.9. The molecule has 0 saturated heterocycles. The Bertz CT molecular complexity index is 931. The van der Waals surface area contributed by atoms with E-state index in [9.17, 15) is 5.11 Å². The molecule has 0 bridgehead atoms. The lowest BCUT2D eigenvalue weighted by atomic mass is 10.1. The van der Waals surface area contributed by atoms with Crippen molar-refractivity contribution in [1.29, 1.82) is 0 Å². The van der Waals surface area contributed by atoms with Crippen LogP contribution in [0.2, 0.25) is 5.02 Å². The van der Waals surface area contributed by atoms with Crippen LogP contribution in [0.25, 0.3) is 0 Å². The van der Waals surface area contributed by atoms with Crippen molar-refractivity contribution in [3.05, 3.63) is 94.0 Å². The summed E-state index contributed by atoms with van der Waals surface area (Å²) in [5.41, 5.74) is 4.04. The van der Waals surface area contributed by atoms with Gasteiger partial charge in [-0.3, -0.25) is 0 Å². The van der Waals surface area contributed by atoms with E-state index in [2.05, 4.69) is 24.4 Å². The molecule has 0 fully saturated rings. The lowest BCUT2D eigenvalue weighted by molar-refractivity contribution is 0.174. The topological polar surface area (TPSA) is 50.7 Å². The molecular formula is C24H26ClNO3. The summed E-state index contributed by atoms with van der Waals surface area (Å²) in [6.45, 7) is 3.43. The molecule has 4 nitrogen and oxygen atoms in total. The van der Waals surface area contributed by atoms with Gasteiger partial charge in [-0.1, -0.05) is 71.8 Å². The van der Waals surface area contributed by atoms with Gasteiger partial charge in [-0.15, -0.1) is 0 Å². The van der Waals surface area contributed by atoms with Gasteiger partial charge in [-0.05, 0) is 29.7 Å². The Morgan fingerprint density at radius 2 is 1.79 bits per heavy atom. The summed E-state index contributed by atoms with van der Waals surface area (Å²) in [5.74, 6) is 1.23. The standard InChI is InChI=1S/C24H26ClNO3/c1-17-7-6-8-18(11-17)16-29-24-13-21(25)20(12-23(24)28-2)14-26-15-22(27)19-9-4-3-5-10-19/h3-13,22,26-27H,14-16H2,1-2H3. The molecule has 152 valence electrons. The molecule has 3 aromatic carbocycles. The summed E-state index contributed by atoms with van der Waals surface area (Å²) < 4.78 is 11.4. The predicted molar refractivity (Wildman–Crippen MR) is 117 cm³/mol. The number of methoxy groups -OCH3 is 1. The van der Waals surface area contributed by atoms with Gasteiger partial charge in [0.15, 0.2) is 11.5 Å². The number of aliphatic hydroxyl groups excluding tert-OH is 1. The molecule has 3 rings (SSSR count). The number of ether oxygens (including phenoxy) is 2.